The van der Waals surface area contributed by atoms with Gasteiger partial charge in [0.1, 0.15) is 17.1 Å². The number of fused-ring (bicyclic) bond motifs is 1. The van der Waals surface area contributed by atoms with E-state index in [4.69, 9.17) is 10.5 Å². The predicted octanol–water partition coefficient (Wildman–Crippen LogP) is 2.01. The molecule has 16 heavy (non-hydrogen) atoms. The molecule has 0 aliphatic heterocycles. The Morgan fingerprint density at radius 2 is 2.19 bits per heavy atom. The fourth-order valence-corrected chi connectivity index (χ4v) is 1.69. The van der Waals surface area contributed by atoms with Crippen LogP contribution in [0.1, 0.15) is 0 Å². The quantitative estimate of drug-likeness (QED) is 0.814. The number of aromatic nitrogens is 1. The van der Waals surface area contributed by atoms with Crippen molar-refractivity contribution in [3.63, 3.8) is 0 Å². The number of pyridine rings is 1. The first-order valence-electron chi connectivity index (χ1n) is 4.77. The first-order valence-corrected chi connectivity index (χ1v) is 4.77. The zero-order valence-corrected chi connectivity index (χ0v) is 9.04. The van der Waals surface area contributed by atoms with Crippen LogP contribution in [0.25, 0.3) is 10.9 Å². The van der Waals surface area contributed by atoms with Crippen LogP contribution in [-0.2, 0) is 0 Å². The normalized spacial score (nSPS) is 10.4. The summed E-state index contributed by atoms with van der Waals surface area (Å²) in [5, 5.41) is 3.54. The number of nitrogens with one attached hydrogen (secondary N) is 1. The summed E-state index contributed by atoms with van der Waals surface area (Å²) in [6, 6.07) is 2.68. The molecule has 0 fully saturated rings. The van der Waals surface area contributed by atoms with Crippen LogP contribution < -0.4 is 15.8 Å². The van der Waals surface area contributed by atoms with E-state index in [1.54, 1.807) is 7.05 Å². The van der Waals surface area contributed by atoms with Gasteiger partial charge in [-0.15, -0.1) is 0 Å². The van der Waals surface area contributed by atoms with Gasteiger partial charge in [-0.3, -0.25) is 4.98 Å². The lowest BCUT2D eigenvalue weighted by Gasteiger charge is -2.11. The fraction of sp³-hybridized carbons (Fsp3) is 0.182. The third-order valence-corrected chi connectivity index (χ3v) is 2.40. The summed E-state index contributed by atoms with van der Waals surface area (Å²) in [5.74, 6) is 0.0137. The van der Waals surface area contributed by atoms with Crippen LogP contribution in [-0.4, -0.2) is 19.1 Å². The van der Waals surface area contributed by atoms with Crippen molar-refractivity contribution >= 4 is 22.3 Å². The lowest BCUT2D eigenvalue weighted by atomic mass is 10.1. The number of hydrogen-bond acceptors (Lipinski definition) is 4. The number of ether oxygens (including phenoxy) is 1. The largest absolute Gasteiger partial charge is 0.494 e. The zero-order valence-electron chi connectivity index (χ0n) is 9.04. The molecular formula is C11H12FN3O. The molecule has 1 aromatic heterocycles. The molecule has 0 amide bonds. The van der Waals surface area contributed by atoms with E-state index in [-0.39, 0.29) is 5.82 Å². The standard InChI is InChI=1S/C11H12FN3O/c1-14-10-7-3-6(12)4-9(16-2)11(7)15-5-8(10)13/h3-5H,13H2,1-2H3,(H,14,15). The molecule has 1 aromatic carbocycles. The van der Waals surface area contributed by atoms with Crippen molar-refractivity contribution < 1.29 is 9.13 Å². The summed E-state index contributed by atoms with van der Waals surface area (Å²) >= 11 is 0. The Kier molecular flexibility index (Phi) is 2.52. The highest BCUT2D eigenvalue weighted by Crippen LogP contribution is 2.33. The Bertz CT molecular complexity index is 542. The maximum Gasteiger partial charge on any atom is 0.148 e. The number of nitrogens with zero attached hydrogens (tertiary/aromatic N) is 1. The monoisotopic (exact) mass is 221 g/mol. The molecule has 0 bridgehead atoms. The summed E-state index contributed by atoms with van der Waals surface area (Å²) < 4.78 is 18.4. The van der Waals surface area contributed by atoms with Crippen LogP contribution in [0.15, 0.2) is 18.3 Å². The number of rotatable bonds is 2. The van der Waals surface area contributed by atoms with Gasteiger partial charge in [-0.25, -0.2) is 4.39 Å². The Morgan fingerprint density at radius 1 is 1.44 bits per heavy atom. The minimum absolute atomic E-state index is 0.381. The SMILES string of the molecule is CNc1c(N)cnc2c(OC)cc(F)cc12. The zero-order chi connectivity index (χ0) is 11.7. The van der Waals surface area contributed by atoms with Crippen molar-refractivity contribution in [2.45, 2.75) is 0 Å². The Hall–Kier alpha value is -2.04. The molecule has 4 nitrogen and oxygen atoms in total. The van der Waals surface area contributed by atoms with Gasteiger partial charge < -0.3 is 15.8 Å². The average Bonchev–Trinajstić information content (AvgIpc) is 2.27. The van der Waals surface area contributed by atoms with E-state index in [1.807, 2.05) is 0 Å². The van der Waals surface area contributed by atoms with Crippen molar-refractivity contribution in [1.29, 1.82) is 0 Å². The number of hydrogen-bond donors (Lipinski definition) is 2. The highest BCUT2D eigenvalue weighted by atomic mass is 19.1. The first kappa shape index (κ1) is 10.5. The topological polar surface area (TPSA) is 60.2 Å². The Morgan fingerprint density at radius 3 is 2.81 bits per heavy atom. The molecule has 0 spiro atoms. The maximum absolute atomic E-state index is 13.4. The fourth-order valence-electron chi connectivity index (χ4n) is 1.69. The summed E-state index contributed by atoms with van der Waals surface area (Å²) in [4.78, 5) is 4.14. The lowest BCUT2D eigenvalue weighted by Crippen LogP contribution is -1.99. The third kappa shape index (κ3) is 1.50. The maximum atomic E-state index is 13.4. The van der Waals surface area contributed by atoms with E-state index >= 15 is 0 Å². The van der Waals surface area contributed by atoms with Gasteiger partial charge in [-0.2, -0.15) is 0 Å². The van der Waals surface area contributed by atoms with E-state index in [2.05, 4.69) is 10.3 Å². The second-order valence-corrected chi connectivity index (χ2v) is 3.34. The molecule has 5 heteroatoms. The molecule has 0 aliphatic carbocycles. The molecule has 1 heterocycles. The predicted molar refractivity (Wildman–Crippen MR) is 62.2 cm³/mol. The first-order chi connectivity index (χ1) is 7.67. The van der Waals surface area contributed by atoms with Crippen LogP contribution in [0.2, 0.25) is 0 Å². The molecule has 0 unspecified atom stereocenters. The van der Waals surface area contributed by atoms with E-state index in [9.17, 15) is 4.39 Å². The van der Waals surface area contributed by atoms with Crippen LogP contribution in [0.5, 0.6) is 5.75 Å². The van der Waals surface area contributed by atoms with E-state index in [0.29, 0.717) is 28.0 Å². The smallest absolute Gasteiger partial charge is 0.148 e. The Balaban J connectivity index is 2.87. The summed E-state index contributed by atoms with van der Waals surface area (Å²) in [7, 11) is 3.20. The Labute approximate surface area is 92.2 Å². The molecule has 84 valence electrons. The number of anilines is 2. The highest BCUT2D eigenvalue weighted by Gasteiger charge is 2.11. The third-order valence-electron chi connectivity index (χ3n) is 2.40. The van der Waals surface area contributed by atoms with Crippen LogP contribution in [0, 0.1) is 5.82 Å². The van der Waals surface area contributed by atoms with Gasteiger partial charge in [0, 0.05) is 18.5 Å². The molecule has 2 rings (SSSR count). The van der Waals surface area contributed by atoms with Crippen molar-refractivity contribution in [3.05, 3.63) is 24.1 Å². The number of benzene rings is 1. The molecule has 0 radical (unpaired) electrons. The van der Waals surface area contributed by atoms with E-state index in [0.717, 1.165) is 0 Å². The summed E-state index contributed by atoms with van der Waals surface area (Å²) in [6.07, 6.45) is 1.52. The van der Waals surface area contributed by atoms with Crippen molar-refractivity contribution in [1.82, 2.24) is 4.98 Å². The van der Waals surface area contributed by atoms with Gasteiger partial charge in [0.2, 0.25) is 0 Å². The van der Waals surface area contributed by atoms with Gasteiger partial charge in [0.25, 0.3) is 0 Å². The molecule has 0 atom stereocenters. The lowest BCUT2D eigenvalue weighted by molar-refractivity contribution is 0.415. The molecular weight excluding hydrogens is 209 g/mol. The molecule has 0 saturated carbocycles. The molecule has 2 aromatic rings. The van der Waals surface area contributed by atoms with Crippen LogP contribution in [0.4, 0.5) is 15.8 Å². The molecule has 0 aliphatic rings. The van der Waals surface area contributed by atoms with Crippen molar-refractivity contribution in [2.24, 2.45) is 0 Å². The van der Waals surface area contributed by atoms with Gasteiger partial charge in [0.15, 0.2) is 0 Å². The summed E-state index contributed by atoms with van der Waals surface area (Å²) in [5.41, 5.74) is 7.47. The minimum Gasteiger partial charge on any atom is -0.494 e. The summed E-state index contributed by atoms with van der Waals surface area (Å²) in [6.45, 7) is 0. The molecule has 0 saturated heterocycles. The van der Waals surface area contributed by atoms with Gasteiger partial charge >= 0.3 is 0 Å². The van der Waals surface area contributed by atoms with Crippen LogP contribution in [0.3, 0.4) is 0 Å². The van der Waals surface area contributed by atoms with E-state index < -0.39 is 0 Å². The number of methoxy groups -OCH3 is 1. The average molecular weight is 221 g/mol. The number of nitrogen functional groups attached to an aromatic ring is 1. The van der Waals surface area contributed by atoms with E-state index in [1.165, 1.54) is 25.4 Å². The van der Waals surface area contributed by atoms with Crippen molar-refractivity contribution in [3.8, 4) is 5.75 Å². The van der Waals surface area contributed by atoms with Crippen LogP contribution >= 0.6 is 0 Å². The second kappa shape index (κ2) is 3.84. The number of nitrogens with two attached hydrogens (primary N) is 1. The second-order valence-electron chi connectivity index (χ2n) is 3.34. The molecule has 3 N–H and O–H groups in total. The van der Waals surface area contributed by atoms with Gasteiger partial charge in [-0.1, -0.05) is 0 Å². The van der Waals surface area contributed by atoms with Crippen molar-refractivity contribution in [2.75, 3.05) is 25.2 Å². The van der Waals surface area contributed by atoms with Gasteiger partial charge in [-0.05, 0) is 6.07 Å². The minimum atomic E-state index is -0.381. The van der Waals surface area contributed by atoms with Gasteiger partial charge in [0.05, 0.1) is 24.7 Å². The number of halogens is 1. The highest BCUT2D eigenvalue weighted by molar-refractivity contribution is 5.99.